The molecule has 0 radical (unpaired) electrons. The molecule has 0 fully saturated rings. The van der Waals surface area contributed by atoms with Crippen LogP contribution in [0.15, 0.2) is 16.2 Å². The van der Waals surface area contributed by atoms with E-state index in [2.05, 4.69) is 13.8 Å². The summed E-state index contributed by atoms with van der Waals surface area (Å²) in [6.45, 7) is 4.29. The second-order valence-electron chi connectivity index (χ2n) is 2.92. The molecule has 3 heteroatoms. The van der Waals surface area contributed by atoms with Crippen LogP contribution in [-0.4, -0.2) is 3.96 Å². The van der Waals surface area contributed by atoms with Gasteiger partial charge in [0.2, 0.25) is 0 Å². The van der Waals surface area contributed by atoms with E-state index in [4.69, 9.17) is 0 Å². The van der Waals surface area contributed by atoms with Crippen LogP contribution >= 0.6 is 11.5 Å². The van der Waals surface area contributed by atoms with Gasteiger partial charge in [-0.2, -0.15) is 0 Å². The van der Waals surface area contributed by atoms with Gasteiger partial charge < -0.3 is 0 Å². The average molecular weight is 185 g/mol. The highest BCUT2D eigenvalue weighted by atomic mass is 32.1. The van der Waals surface area contributed by atoms with Crippen molar-refractivity contribution in [3.8, 4) is 0 Å². The lowest BCUT2D eigenvalue weighted by Crippen LogP contribution is -2.17. The van der Waals surface area contributed by atoms with E-state index in [-0.39, 0.29) is 5.56 Å². The van der Waals surface area contributed by atoms with Crippen molar-refractivity contribution in [2.45, 2.75) is 39.2 Å². The Balaban J connectivity index is 2.79. The Morgan fingerprint density at radius 3 is 2.75 bits per heavy atom. The van der Waals surface area contributed by atoms with Crippen LogP contribution in [0.2, 0.25) is 0 Å². The molecular formula is C9H15NOS. The zero-order valence-corrected chi connectivity index (χ0v) is 8.43. The summed E-state index contributed by atoms with van der Waals surface area (Å²) in [5.41, 5.74) is 0.153. The average Bonchev–Trinajstić information content (AvgIpc) is 2.47. The number of nitrogens with zero attached hydrogens (tertiary/aromatic N) is 1. The monoisotopic (exact) mass is 185 g/mol. The van der Waals surface area contributed by atoms with Crippen LogP contribution in [0.4, 0.5) is 0 Å². The van der Waals surface area contributed by atoms with E-state index in [1.165, 1.54) is 11.5 Å². The lowest BCUT2D eigenvalue weighted by atomic mass is 10.1. The van der Waals surface area contributed by atoms with E-state index in [0.717, 1.165) is 19.3 Å². The summed E-state index contributed by atoms with van der Waals surface area (Å²) in [6.07, 6.45) is 3.30. The molecule has 0 aliphatic carbocycles. The number of hydrogen-bond donors (Lipinski definition) is 0. The largest absolute Gasteiger partial charge is 0.268 e. The molecule has 1 unspecified atom stereocenters. The lowest BCUT2D eigenvalue weighted by Gasteiger charge is -2.13. The minimum Gasteiger partial charge on any atom is -0.268 e. The molecule has 1 rings (SSSR count). The molecule has 2 nitrogen and oxygen atoms in total. The summed E-state index contributed by atoms with van der Waals surface area (Å²) in [5.74, 6) is 0. The Labute approximate surface area is 77.0 Å². The molecule has 0 saturated carbocycles. The molecule has 0 bridgehead atoms. The first kappa shape index (κ1) is 9.52. The number of rotatable bonds is 4. The van der Waals surface area contributed by atoms with E-state index >= 15 is 0 Å². The fourth-order valence-electron chi connectivity index (χ4n) is 1.37. The van der Waals surface area contributed by atoms with Crippen LogP contribution in [0, 0.1) is 0 Å². The van der Waals surface area contributed by atoms with Gasteiger partial charge in [-0.15, -0.1) is 0 Å². The molecule has 1 atom stereocenters. The quantitative estimate of drug-likeness (QED) is 0.707. The van der Waals surface area contributed by atoms with Gasteiger partial charge >= 0.3 is 0 Å². The molecule has 68 valence electrons. The Morgan fingerprint density at radius 2 is 2.33 bits per heavy atom. The molecule has 1 aromatic rings. The van der Waals surface area contributed by atoms with Gasteiger partial charge in [0.1, 0.15) is 0 Å². The Kier molecular flexibility index (Phi) is 3.53. The predicted octanol–water partition coefficient (Wildman–Crippen LogP) is 2.66. The Morgan fingerprint density at radius 1 is 1.58 bits per heavy atom. The maximum Gasteiger partial charge on any atom is 0.260 e. The molecule has 0 spiro atoms. The zero-order valence-electron chi connectivity index (χ0n) is 7.62. The van der Waals surface area contributed by atoms with Gasteiger partial charge in [-0.3, -0.25) is 8.75 Å². The van der Waals surface area contributed by atoms with Crippen molar-refractivity contribution in [3.63, 3.8) is 0 Å². The molecule has 0 aliphatic rings. The second kappa shape index (κ2) is 4.45. The molecule has 1 heterocycles. The van der Waals surface area contributed by atoms with Crippen LogP contribution in [0.25, 0.3) is 0 Å². The molecule has 0 amide bonds. The summed E-state index contributed by atoms with van der Waals surface area (Å²) in [5, 5.41) is 1.86. The number of hydrogen-bond acceptors (Lipinski definition) is 2. The molecule has 0 aromatic carbocycles. The highest BCUT2D eigenvalue weighted by molar-refractivity contribution is 7.04. The van der Waals surface area contributed by atoms with Gasteiger partial charge in [-0.25, -0.2) is 0 Å². The van der Waals surface area contributed by atoms with Crippen LogP contribution < -0.4 is 5.56 Å². The summed E-state index contributed by atoms with van der Waals surface area (Å²) >= 11 is 1.53. The van der Waals surface area contributed by atoms with Gasteiger partial charge in [-0.1, -0.05) is 31.8 Å². The number of aromatic nitrogens is 1. The standard InChI is InChI=1S/C9H15NOS/c1-3-5-8(4-2)10-9(11)6-7-12-10/h6-8H,3-5H2,1-2H3. The van der Waals surface area contributed by atoms with E-state index in [0.29, 0.717) is 6.04 Å². The summed E-state index contributed by atoms with van der Waals surface area (Å²) in [6, 6.07) is 2.06. The van der Waals surface area contributed by atoms with Crippen molar-refractivity contribution < 1.29 is 0 Å². The smallest absolute Gasteiger partial charge is 0.260 e. The third-order valence-corrected chi connectivity index (χ3v) is 2.99. The van der Waals surface area contributed by atoms with Crippen molar-refractivity contribution >= 4 is 11.5 Å². The molecule has 12 heavy (non-hydrogen) atoms. The van der Waals surface area contributed by atoms with Crippen molar-refractivity contribution in [1.29, 1.82) is 0 Å². The molecule has 1 aromatic heterocycles. The minimum atomic E-state index is 0.153. The van der Waals surface area contributed by atoms with Crippen molar-refractivity contribution in [1.82, 2.24) is 3.96 Å². The lowest BCUT2D eigenvalue weighted by molar-refractivity contribution is 0.467. The predicted molar refractivity (Wildman–Crippen MR) is 52.8 cm³/mol. The zero-order chi connectivity index (χ0) is 8.97. The van der Waals surface area contributed by atoms with Crippen molar-refractivity contribution in [2.75, 3.05) is 0 Å². The van der Waals surface area contributed by atoms with Crippen LogP contribution in [0.5, 0.6) is 0 Å². The first-order chi connectivity index (χ1) is 5.79. The van der Waals surface area contributed by atoms with E-state index in [1.54, 1.807) is 6.07 Å². The Bertz CT molecular complexity index is 276. The van der Waals surface area contributed by atoms with E-state index in [9.17, 15) is 4.79 Å². The fourth-order valence-corrected chi connectivity index (χ4v) is 2.27. The normalized spacial score (nSPS) is 13.2. The first-order valence-electron chi connectivity index (χ1n) is 4.46. The second-order valence-corrected chi connectivity index (χ2v) is 3.80. The SMILES string of the molecule is CCCC(CC)n1sccc1=O. The summed E-state index contributed by atoms with van der Waals surface area (Å²) in [4.78, 5) is 11.3. The van der Waals surface area contributed by atoms with Gasteiger partial charge in [0.25, 0.3) is 5.56 Å². The van der Waals surface area contributed by atoms with Gasteiger partial charge in [0, 0.05) is 17.5 Å². The maximum absolute atomic E-state index is 11.3. The van der Waals surface area contributed by atoms with E-state index < -0.39 is 0 Å². The molecule has 0 N–H and O–H groups in total. The van der Waals surface area contributed by atoms with Crippen LogP contribution in [0.3, 0.4) is 0 Å². The van der Waals surface area contributed by atoms with Crippen LogP contribution in [-0.2, 0) is 0 Å². The minimum absolute atomic E-state index is 0.153. The van der Waals surface area contributed by atoms with Crippen LogP contribution in [0.1, 0.15) is 39.2 Å². The van der Waals surface area contributed by atoms with Crippen molar-refractivity contribution in [2.24, 2.45) is 0 Å². The van der Waals surface area contributed by atoms with E-state index in [1.807, 2.05) is 9.34 Å². The highest BCUT2D eigenvalue weighted by Crippen LogP contribution is 2.17. The third kappa shape index (κ3) is 1.97. The summed E-state index contributed by atoms with van der Waals surface area (Å²) in [7, 11) is 0. The maximum atomic E-state index is 11.3. The fraction of sp³-hybridized carbons (Fsp3) is 0.667. The molecular weight excluding hydrogens is 170 g/mol. The first-order valence-corrected chi connectivity index (χ1v) is 5.29. The third-order valence-electron chi connectivity index (χ3n) is 2.03. The van der Waals surface area contributed by atoms with Gasteiger partial charge in [0.05, 0.1) is 0 Å². The molecule has 0 aliphatic heterocycles. The summed E-state index contributed by atoms with van der Waals surface area (Å²) < 4.78 is 1.88. The molecule has 0 saturated heterocycles. The van der Waals surface area contributed by atoms with Gasteiger partial charge in [-0.05, 0) is 12.8 Å². The topological polar surface area (TPSA) is 22.0 Å². The highest BCUT2D eigenvalue weighted by Gasteiger charge is 2.09. The van der Waals surface area contributed by atoms with Crippen molar-refractivity contribution in [3.05, 3.63) is 21.8 Å². The Hall–Kier alpha value is -0.570. The van der Waals surface area contributed by atoms with Gasteiger partial charge in [0.15, 0.2) is 0 Å².